The van der Waals surface area contributed by atoms with Crippen LogP contribution in [0.5, 0.6) is 0 Å². The van der Waals surface area contributed by atoms with Crippen LogP contribution in [-0.2, 0) is 14.3 Å². The molecule has 0 aliphatic heterocycles. The number of unbranched alkanes of at least 4 members (excludes halogenated alkanes) is 41. The molecule has 0 spiro atoms. The molecule has 0 aliphatic carbocycles. The zero-order valence-electron chi connectivity index (χ0n) is 47.5. The average Bonchev–Trinajstić information content (AvgIpc) is 3.37. The Bertz CT molecular complexity index is 1190. The van der Waals surface area contributed by atoms with Gasteiger partial charge in [0, 0.05) is 12.8 Å². The minimum atomic E-state index is -0.858. The van der Waals surface area contributed by atoms with Gasteiger partial charge < -0.3 is 20.3 Å². The van der Waals surface area contributed by atoms with Crippen molar-refractivity contribution in [3.05, 3.63) is 48.6 Å². The van der Waals surface area contributed by atoms with Gasteiger partial charge in [0.05, 0.1) is 25.4 Å². The highest BCUT2D eigenvalue weighted by atomic mass is 16.5. The molecule has 0 aliphatic rings. The third-order valence-electron chi connectivity index (χ3n) is 14.3. The van der Waals surface area contributed by atoms with Crippen molar-refractivity contribution in [1.82, 2.24) is 5.32 Å². The molecule has 0 bridgehead atoms. The predicted octanol–water partition coefficient (Wildman–Crippen LogP) is 19.7. The van der Waals surface area contributed by atoms with Crippen LogP contribution in [0.15, 0.2) is 48.6 Å². The summed E-state index contributed by atoms with van der Waals surface area (Å²) in [5, 5.41) is 23.2. The Morgan fingerprint density at radius 2 is 0.704 bits per heavy atom. The van der Waals surface area contributed by atoms with E-state index in [9.17, 15) is 19.8 Å². The second-order valence-corrected chi connectivity index (χ2v) is 21.4. The second kappa shape index (κ2) is 60.4. The molecule has 0 heterocycles. The van der Waals surface area contributed by atoms with E-state index in [1.165, 1.54) is 231 Å². The summed E-state index contributed by atoms with van der Waals surface area (Å²) in [5.41, 5.74) is 0. The van der Waals surface area contributed by atoms with Gasteiger partial charge in [-0.3, -0.25) is 9.59 Å². The standard InChI is InChI=1S/C65H121NO5/c1-3-5-7-9-11-13-15-17-19-21-22-23-24-25-26-29-33-37-41-45-49-53-57-63(68)62(61-67)66-64(69)58-54-50-46-42-38-34-30-27-28-32-36-40-44-48-52-56-60-71-65(70)59-55-51-47-43-39-35-31-20-18-16-14-12-10-8-6-4-2/h14,16,20,27,30-31,53,57,62-63,67-68H,3-13,15,17-19,21-26,28-29,32-52,54-56,58-61H2,1-2H3,(H,66,69)/b16-14-,30-27-,31-20-,57-53+. The number of rotatable bonds is 58. The summed E-state index contributed by atoms with van der Waals surface area (Å²) < 4.78 is 5.47. The molecule has 0 aromatic carbocycles. The number of amides is 1. The number of nitrogens with one attached hydrogen (secondary N) is 1. The van der Waals surface area contributed by atoms with Gasteiger partial charge in [-0.25, -0.2) is 0 Å². The summed E-state index contributed by atoms with van der Waals surface area (Å²) in [7, 11) is 0. The maximum atomic E-state index is 12.5. The van der Waals surface area contributed by atoms with E-state index in [0.717, 1.165) is 70.6 Å². The van der Waals surface area contributed by atoms with Gasteiger partial charge >= 0.3 is 5.97 Å². The predicted molar refractivity (Wildman–Crippen MR) is 310 cm³/mol. The van der Waals surface area contributed by atoms with Gasteiger partial charge in [-0.15, -0.1) is 0 Å². The van der Waals surface area contributed by atoms with Crippen LogP contribution in [-0.4, -0.2) is 47.4 Å². The number of ether oxygens (including phenoxy) is 1. The van der Waals surface area contributed by atoms with Gasteiger partial charge in [-0.05, 0) is 89.9 Å². The molecular formula is C65H121NO5. The fourth-order valence-electron chi connectivity index (χ4n) is 9.48. The van der Waals surface area contributed by atoms with Crippen LogP contribution >= 0.6 is 0 Å². The lowest BCUT2D eigenvalue weighted by atomic mass is 10.0. The molecule has 416 valence electrons. The van der Waals surface area contributed by atoms with Crippen LogP contribution in [0.3, 0.4) is 0 Å². The Hall–Kier alpha value is -2.18. The number of allylic oxidation sites excluding steroid dienone is 7. The molecule has 0 saturated heterocycles. The monoisotopic (exact) mass is 996 g/mol. The molecule has 3 N–H and O–H groups in total. The van der Waals surface area contributed by atoms with Crippen molar-refractivity contribution in [3.8, 4) is 0 Å². The Labute approximate surface area is 442 Å². The van der Waals surface area contributed by atoms with E-state index in [0.29, 0.717) is 19.4 Å². The zero-order chi connectivity index (χ0) is 51.4. The molecule has 0 fully saturated rings. The largest absolute Gasteiger partial charge is 0.466 e. The van der Waals surface area contributed by atoms with Crippen molar-refractivity contribution in [3.63, 3.8) is 0 Å². The average molecular weight is 997 g/mol. The first-order valence-corrected chi connectivity index (χ1v) is 31.4. The van der Waals surface area contributed by atoms with Crippen LogP contribution in [0.4, 0.5) is 0 Å². The van der Waals surface area contributed by atoms with E-state index in [4.69, 9.17) is 4.74 Å². The maximum Gasteiger partial charge on any atom is 0.305 e. The fraction of sp³-hybridized carbons (Fsp3) is 0.846. The highest BCUT2D eigenvalue weighted by Gasteiger charge is 2.18. The number of aliphatic hydroxyl groups is 2. The van der Waals surface area contributed by atoms with E-state index in [2.05, 4.69) is 55.6 Å². The Morgan fingerprint density at radius 3 is 1.10 bits per heavy atom. The molecule has 2 unspecified atom stereocenters. The van der Waals surface area contributed by atoms with Crippen molar-refractivity contribution in [2.75, 3.05) is 13.2 Å². The first-order chi connectivity index (χ1) is 35.0. The molecule has 0 aromatic heterocycles. The summed E-state index contributed by atoms with van der Waals surface area (Å²) in [6.07, 6.45) is 77.1. The topological polar surface area (TPSA) is 95.9 Å². The minimum Gasteiger partial charge on any atom is -0.466 e. The third-order valence-corrected chi connectivity index (χ3v) is 14.3. The molecule has 71 heavy (non-hydrogen) atoms. The van der Waals surface area contributed by atoms with Gasteiger partial charge in [0.2, 0.25) is 5.91 Å². The molecular weight excluding hydrogens is 875 g/mol. The van der Waals surface area contributed by atoms with E-state index < -0.39 is 12.1 Å². The second-order valence-electron chi connectivity index (χ2n) is 21.4. The number of carbonyl (C=O) groups is 2. The number of aliphatic hydroxyl groups excluding tert-OH is 2. The number of esters is 1. The van der Waals surface area contributed by atoms with Gasteiger partial charge in [0.1, 0.15) is 0 Å². The summed E-state index contributed by atoms with van der Waals surface area (Å²) in [6, 6.07) is -0.643. The van der Waals surface area contributed by atoms with Crippen LogP contribution < -0.4 is 5.32 Å². The lowest BCUT2D eigenvalue weighted by Crippen LogP contribution is -2.45. The molecule has 2 atom stereocenters. The van der Waals surface area contributed by atoms with Gasteiger partial charge in [0.15, 0.2) is 0 Å². The quantitative estimate of drug-likeness (QED) is 0.0321. The van der Waals surface area contributed by atoms with Gasteiger partial charge in [0.25, 0.3) is 0 Å². The summed E-state index contributed by atoms with van der Waals surface area (Å²) in [6.45, 7) is 4.87. The molecule has 0 aromatic rings. The number of hydrogen-bond acceptors (Lipinski definition) is 5. The SMILES string of the molecule is CCCCCC/C=C\C/C=C\CCCCCCCC(=O)OCCCCCCCCC/C=C\CCCCCCCC(=O)NC(CO)C(O)/C=C/CCCCCCCCCCCCCCCCCCCCCC. The molecule has 0 rings (SSSR count). The number of hydrogen-bond donors (Lipinski definition) is 3. The van der Waals surface area contributed by atoms with Gasteiger partial charge in [-0.1, -0.05) is 274 Å². The number of carbonyl (C=O) groups excluding carboxylic acids is 2. The minimum absolute atomic E-state index is 0.0173. The molecule has 6 nitrogen and oxygen atoms in total. The highest BCUT2D eigenvalue weighted by molar-refractivity contribution is 5.76. The van der Waals surface area contributed by atoms with Crippen molar-refractivity contribution < 1.29 is 24.5 Å². The lowest BCUT2D eigenvalue weighted by Gasteiger charge is -2.20. The first-order valence-electron chi connectivity index (χ1n) is 31.4. The zero-order valence-corrected chi connectivity index (χ0v) is 47.5. The van der Waals surface area contributed by atoms with Gasteiger partial charge in [-0.2, -0.15) is 0 Å². The van der Waals surface area contributed by atoms with Crippen molar-refractivity contribution in [2.45, 2.75) is 341 Å². The van der Waals surface area contributed by atoms with Crippen LogP contribution in [0.2, 0.25) is 0 Å². The van der Waals surface area contributed by atoms with E-state index >= 15 is 0 Å². The molecule has 6 heteroatoms. The normalized spacial score (nSPS) is 12.9. The Balaban J connectivity index is 3.51. The smallest absolute Gasteiger partial charge is 0.305 e. The summed E-state index contributed by atoms with van der Waals surface area (Å²) >= 11 is 0. The molecule has 1 amide bonds. The Kier molecular flexibility index (Phi) is 58.5. The maximum absolute atomic E-state index is 12.5. The fourth-order valence-corrected chi connectivity index (χ4v) is 9.48. The van der Waals surface area contributed by atoms with E-state index in [1.54, 1.807) is 6.08 Å². The van der Waals surface area contributed by atoms with E-state index in [-0.39, 0.29) is 18.5 Å². The third kappa shape index (κ3) is 57.0. The van der Waals surface area contributed by atoms with Crippen LogP contribution in [0, 0.1) is 0 Å². The molecule has 0 radical (unpaired) electrons. The van der Waals surface area contributed by atoms with E-state index in [1.807, 2.05) is 6.08 Å². The first kappa shape index (κ1) is 68.8. The van der Waals surface area contributed by atoms with Crippen molar-refractivity contribution >= 4 is 11.9 Å². The van der Waals surface area contributed by atoms with Crippen molar-refractivity contribution in [1.29, 1.82) is 0 Å². The van der Waals surface area contributed by atoms with Crippen LogP contribution in [0.1, 0.15) is 328 Å². The summed E-state index contributed by atoms with van der Waals surface area (Å²) in [4.78, 5) is 24.6. The Morgan fingerprint density at radius 1 is 0.394 bits per heavy atom. The lowest BCUT2D eigenvalue weighted by molar-refractivity contribution is -0.143. The molecule has 0 saturated carbocycles. The highest BCUT2D eigenvalue weighted by Crippen LogP contribution is 2.17. The van der Waals surface area contributed by atoms with Crippen molar-refractivity contribution in [2.24, 2.45) is 0 Å². The summed E-state index contributed by atoms with van der Waals surface area (Å²) in [5.74, 6) is -0.101. The van der Waals surface area contributed by atoms with Crippen LogP contribution in [0.25, 0.3) is 0 Å².